The molecule has 4 aliphatic rings. The predicted molar refractivity (Wildman–Crippen MR) is 342 cm³/mol. The lowest BCUT2D eigenvalue weighted by Crippen LogP contribution is -2.38. The summed E-state index contributed by atoms with van der Waals surface area (Å²) in [6, 6.07) is 5.34. The number of rotatable bonds is 16. The van der Waals surface area contributed by atoms with Gasteiger partial charge in [0.15, 0.2) is 12.2 Å². The fourth-order valence-electron chi connectivity index (χ4n) is 11.1. The van der Waals surface area contributed by atoms with Crippen LogP contribution in [0.3, 0.4) is 0 Å². The number of primary amides is 2. The SMILES string of the molecule is CO[C@H]1/C=C\C=C(/C)C(=O)NC2=CC(=O)C(NCCOC(=O)c3ccc(C(=O)OCCNC4=C5C[C@@H](C)C[C@H](OC)[C@H](O)[C@@H](C)/C=C(\C)[C@H](OC(N)=O)[C@@H](OC)/C=C\C=C(/C)C(=O)NC(=CC4=O)C5=O)cc3)=C(C[C@@H](C)C[C@H](OC)[C@H](O)[C@@H](C)/C=C(\C)[C@@H]1OC(N)=O)C2=O. The molecule has 10 N–H and O–H groups in total. The van der Waals surface area contributed by atoms with Crippen molar-refractivity contribution in [3.63, 3.8) is 0 Å². The van der Waals surface area contributed by atoms with Crippen LogP contribution >= 0.6 is 0 Å². The van der Waals surface area contributed by atoms with E-state index < -0.39 is 132 Å². The Morgan fingerprint density at radius 3 is 1.22 bits per heavy atom. The Kier molecular flexibility index (Phi) is 29.0. The zero-order valence-electron chi connectivity index (χ0n) is 55.1. The molecule has 4 amide bonds. The first-order valence-corrected chi connectivity index (χ1v) is 30.6. The van der Waals surface area contributed by atoms with Gasteiger partial charge in [0.1, 0.15) is 25.4 Å². The lowest BCUT2D eigenvalue weighted by Gasteiger charge is -2.30. The molecule has 2 heterocycles. The maximum atomic E-state index is 14.2. The number of hydrogen-bond donors (Lipinski definition) is 8. The minimum Gasteiger partial charge on any atom is -0.460 e. The highest BCUT2D eigenvalue weighted by atomic mass is 16.6. The van der Waals surface area contributed by atoms with Gasteiger partial charge in [-0.3, -0.25) is 28.8 Å². The highest BCUT2D eigenvalue weighted by molar-refractivity contribution is 6.24. The maximum absolute atomic E-state index is 14.2. The zero-order chi connectivity index (χ0) is 69.7. The van der Waals surface area contributed by atoms with Crippen molar-refractivity contribution in [3.05, 3.63) is 152 Å². The summed E-state index contributed by atoms with van der Waals surface area (Å²) >= 11 is 0. The van der Waals surface area contributed by atoms with Crippen molar-refractivity contribution < 1.29 is 96.1 Å². The fraction of sp³-hybridized carbons (Fsp3) is 0.471. The van der Waals surface area contributed by atoms with Crippen LogP contribution in [-0.2, 0) is 66.7 Å². The lowest BCUT2D eigenvalue weighted by molar-refractivity contribution is -0.120. The van der Waals surface area contributed by atoms with Gasteiger partial charge in [-0.25, -0.2) is 19.2 Å². The van der Waals surface area contributed by atoms with Gasteiger partial charge in [0, 0.05) is 87.8 Å². The summed E-state index contributed by atoms with van der Waals surface area (Å²) in [4.78, 5) is 133. The molecule has 2 aliphatic carbocycles. The molecule has 4 bridgehead atoms. The first kappa shape index (κ1) is 75.8. The molecule has 26 nitrogen and oxygen atoms in total. The van der Waals surface area contributed by atoms with Crippen molar-refractivity contribution in [2.24, 2.45) is 35.1 Å². The Morgan fingerprint density at radius 2 is 0.904 bits per heavy atom. The Bertz CT molecular complexity index is 3130. The monoisotopic (exact) mass is 1310 g/mol. The average molecular weight is 1310 g/mol. The van der Waals surface area contributed by atoms with Crippen molar-refractivity contribution in [1.82, 2.24) is 21.3 Å². The molecule has 94 heavy (non-hydrogen) atoms. The number of benzene rings is 1. The number of carbonyl (C=O) groups excluding carboxylic acids is 10. The first-order valence-electron chi connectivity index (χ1n) is 30.6. The van der Waals surface area contributed by atoms with Crippen molar-refractivity contribution >= 4 is 59.1 Å². The normalized spacial score (nSPS) is 29.6. The summed E-state index contributed by atoms with van der Waals surface area (Å²) in [5.74, 6) is -7.51. The molecule has 12 atom stereocenters. The number of nitrogens with two attached hydrogens (primary N) is 2. The number of carbonyl (C=O) groups is 10. The second-order valence-corrected chi connectivity index (χ2v) is 23.6. The molecule has 0 aromatic heterocycles. The molecule has 26 heteroatoms. The number of aliphatic hydroxyl groups excluding tert-OH is 2. The van der Waals surface area contributed by atoms with Gasteiger partial charge in [0.2, 0.25) is 23.1 Å². The van der Waals surface area contributed by atoms with Crippen molar-refractivity contribution in [3.8, 4) is 0 Å². The number of fused-ring (bicyclic) bond motifs is 4. The predicted octanol–water partition coefficient (Wildman–Crippen LogP) is 4.73. The Balaban J connectivity index is 1.25. The van der Waals surface area contributed by atoms with E-state index >= 15 is 0 Å². The van der Waals surface area contributed by atoms with E-state index in [1.165, 1.54) is 103 Å². The van der Waals surface area contributed by atoms with Crippen LogP contribution in [0.2, 0.25) is 0 Å². The molecular weight excluding hydrogens is 1220 g/mol. The molecule has 0 saturated carbocycles. The summed E-state index contributed by atoms with van der Waals surface area (Å²) in [6.07, 6.45) is 5.04. The molecule has 0 saturated heterocycles. The van der Waals surface area contributed by atoms with E-state index in [2.05, 4.69) is 21.3 Å². The minimum absolute atomic E-state index is 0.0138. The molecule has 1 aromatic rings. The molecule has 2 aliphatic heterocycles. The topological polar surface area (TPSA) is 385 Å². The molecule has 0 radical (unpaired) electrons. The first-order chi connectivity index (χ1) is 44.5. The second kappa shape index (κ2) is 35.9. The van der Waals surface area contributed by atoms with Gasteiger partial charge in [0.05, 0.1) is 58.3 Å². The number of methoxy groups -OCH3 is 4. The van der Waals surface area contributed by atoms with Crippen LogP contribution in [-0.4, -0.2) is 173 Å². The number of amides is 4. The molecular formula is C68H88N6O20. The summed E-state index contributed by atoms with van der Waals surface area (Å²) < 4.78 is 44.5. The zero-order valence-corrected chi connectivity index (χ0v) is 55.1. The molecule has 1 aromatic carbocycles. The largest absolute Gasteiger partial charge is 0.460 e. The summed E-state index contributed by atoms with van der Waals surface area (Å²) in [6.45, 7) is 12.6. The van der Waals surface area contributed by atoms with E-state index in [1.54, 1.807) is 53.7 Å². The third-order valence-corrected chi connectivity index (χ3v) is 16.2. The number of ketones is 4. The molecule has 0 spiro atoms. The van der Waals surface area contributed by atoms with E-state index in [4.69, 9.17) is 49.4 Å². The molecule has 5 rings (SSSR count). The van der Waals surface area contributed by atoms with Gasteiger partial charge >= 0.3 is 24.1 Å². The van der Waals surface area contributed by atoms with Gasteiger partial charge in [-0.1, -0.05) is 76.3 Å². The summed E-state index contributed by atoms with van der Waals surface area (Å²) in [7, 11) is 5.63. The fourth-order valence-corrected chi connectivity index (χ4v) is 11.1. The van der Waals surface area contributed by atoms with Gasteiger partial charge in [0.25, 0.3) is 11.8 Å². The highest BCUT2D eigenvalue weighted by Crippen LogP contribution is 2.32. The molecule has 0 fully saturated rings. The number of nitrogens with one attached hydrogen (secondary N) is 4. The van der Waals surface area contributed by atoms with Crippen LogP contribution in [0, 0.1) is 23.7 Å². The van der Waals surface area contributed by atoms with Crippen LogP contribution in [0.5, 0.6) is 0 Å². The van der Waals surface area contributed by atoms with Crippen LogP contribution in [0.25, 0.3) is 0 Å². The van der Waals surface area contributed by atoms with Crippen molar-refractivity contribution in [2.75, 3.05) is 54.7 Å². The van der Waals surface area contributed by atoms with Crippen molar-refractivity contribution in [2.45, 2.75) is 130 Å². The third kappa shape index (κ3) is 21.0. The Morgan fingerprint density at radius 1 is 0.553 bits per heavy atom. The lowest BCUT2D eigenvalue weighted by atomic mass is 9.85. The smallest absolute Gasteiger partial charge is 0.405 e. The van der Waals surface area contributed by atoms with Crippen LogP contribution in [0.15, 0.2) is 141 Å². The number of Topliss-reactive ketones (excluding diaryl/α,β-unsaturated/α-hetero) is 2. The molecule has 510 valence electrons. The van der Waals surface area contributed by atoms with Crippen LogP contribution in [0.4, 0.5) is 9.59 Å². The number of hydrogen-bond acceptors (Lipinski definition) is 22. The quantitative estimate of drug-likeness (QED) is 0.0364. The minimum atomic E-state index is -1.10. The van der Waals surface area contributed by atoms with Gasteiger partial charge in [-0.05, 0) is 101 Å². The van der Waals surface area contributed by atoms with E-state index in [1.807, 2.05) is 0 Å². The van der Waals surface area contributed by atoms with Crippen LogP contribution < -0.4 is 32.7 Å². The van der Waals surface area contributed by atoms with E-state index in [0.717, 1.165) is 12.2 Å². The van der Waals surface area contributed by atoms with E-state index in [9.17, 15) is 58.2 Å². The average Bonchev–Trinajstić information content (AvgIpc) is 0.861. The second-order valence-electron chi connectivity index (χ2n) is 23.6. The van der Waals surface area contributed by atoms with Gasteiger partial charge in [-0.15, -0.1) is 0 Å². The van der Waals surface area contributed by atoms with Crippen molar-refractivity contribution in [1.29, 1.82) is 0 Å². The summed E-state index contributed by atoms with van der Waals surface area (Å²) in [5.41, 5.74) is 11.6. The van der Waals surface area contributed by atoms with E-state index in [0.29, 0.717) is 11.1 Å². The van der Waals surface area contributed by atoms with Gasteiger partial charge < -0.3 is 80.8 Å². The number of aliphatic hydroxyl groups is 2. The number of ether oxygens (including phenoxy) is 8. The van der Waals surface area contributed by atoms with Crippen LogP contribution in [0.1, 0.15) is 102 Å². The summed E-state index contributed by atoms with van der Waals surface area (Å²) in [5, 5.41) is 34.1. The third-order valence-electron chi connectivity index (χ3n) is 16.2. The maximum Gasteiger partial charge on any atom is 0.405 e. The molecule has 0 unspecified atom stereocenters. The number of allylic oxidation sites excluding steroid dienone is 8. The van der Waals surface area contributed by atoms with Gasteiger partial charge in [-0.2, -0.15) is 0 Å². The Hall–Kier alpha value is -8.92. The van der Waals surface area contributed by atoms with E-state index in [-0.39, 0.29) is 108 Å². The Labute approximate surface area is 546 Å². The highest BCUT2D eigenvalue weighted by Gasteiger charge is 2.37. The number of esters is 2. The standard InChI is InChI=1S/C68H88N6O20/c1-35-27-45-55(49(75)33-47(59(45)79)73-63(81)37(3)15-13-17-51(87-9)61(93-67(69)85)41(7)31-39(5)57(77)53(29-35)89-11)71-23-25-91-65(83)43-19-21-44(22-20-43)66(84)92-26-24-72-56-46-28-36(2)30-54(90-12)58(78)40(6)32-42(8)62(94-68(70)86)52(88-10)18-14-16-38(4)64(82)74-48(60(46)80)34-50(56)76/h13-22,31-36,39-40,51-54,57-58,61-62,71-72,77-78H,23-30H2,1-12H3,(H2,69,85)(H2,70,86)(H,73,81)(H,74,82)/b17-13-,18-14-,37-15+,38-16+,41-31+,42-32+/t35-,36-,39+,40+,51+,52+,53+,54+,57-,58-,61+,62+/m1/s1.